The number of ether oxygens (including phenoxy) is 1. The van der Waals surface area contributed by atoms with Crippen molar-refractivity contribution < 1.29 is 9.53 Å². The van der Waals surface area contributed by atoms with Gasteiger partial charge in [-0.2, -0.15) is 0 Å². The molecule has 0 aromatic rings. The first-order valence-corrected chi connectivity index (χ1v) is 26.5. The van der Waals surface area contributed by atoms with E-state index in [1.165, 1.54) is 276 Å². The van der Waals surface area contributed by atoms with Crippen LogP contribution >= 0.6 is 0 Å². The lowest BCUT2D eigenvalue weighted by Crippen LogP contribution is -2.05. The number of esters is 1. The monoisotopic (exact) mass is 787 g/mol. The molecule has 0 N–H and O–H groups in total. The Hall–Kier alpha value is -0.790. The molecule has 0 spiro atoms. The van der Waals surface area contributed by atoms with Crippen LogP contribution in [0.1, 0.15) is 316 Å². The molecular weight excluding hydrogens is 681 g/mol. The van der Waals surface area contributed by atoms with Crippen LogP contribution in [0.5, 0.6) is 0 Å². The zero-order chi connectivity index (χ0) is 40.5. The average Bonchev–Trinajstić information content (AvgIpc) is 3.20. The van der Waals surface area contributed by atoms with Gasteiger partial charge in [-0.15, -0.1) is 0 Å². The molecule has 2 heteroatoms. The van der Waals surface area contributed by atoms with Crippen molar-refractivity contribution in [1.82, 2.24) is 0 Å². The zero-order valence-corrected chi connectivity index (χ0v) is 39.3. The van der Waals surface area contributed by atoms with Crippen LogP contribution in [-0.4, -0.2) is 12.6 Å². The SMILES string of the molecule is CCCCCCCCC=CCCCCCCCCCCCCCC(=O)OCCCCCCCCCCCCCCCCCCCCCCCCCCC(C)CC. The van der Waals surface area contributed by atoms with E-state index < -0.39 is 0 Å². The van der Waals surface area contributed by atoms with Gasteiger partial charge in [0.1, 0.15) is 0 Å². The first-order valence-electron chi connectivity index (χ1n) is 26.5. The van der Waals surface area contributed by atoms with Gasteiger partial charge in [-0.3, -0.25) is 4.79 Å². The maximum atomic E-state index is 12.1. The molecule has 2 nitrogen and oxygen atoms in total. The van der Waals surface area contributed by atoms with E-state index in [9.17, 15) is 4.79 Å². The minimum Gasteiger partial charge on any atom is -0.466 e. The second-order valence-electron chi connectivity index (χ2n) is 18.5. The molecule has 0 bridgehead atoms. The molecule has 0 aromatic heterocycles. The van der Waals surface area contributed by atoms with E-state index in [1.54, 1.807) is 0 Å². The second-order valence-corrected chi connectivity index (χ2v) is 18.5. The summed E-state index contributed by atoms with van der Waals surface area (Å²) in [5, 5.41) is 0. The summed E-state index contributed by atoms with van der Waals surface area (Å²) in [6, 6.07) is 0. The fourth-order valence-electron chi connectivity index (χ4n) is 8.35. The summed E-state index contributed by atoms with van der Waals surface area (Å²) in [5.41, 5.74) is 0. The van der Waals surface area contributed by atoms with E-state index in [4.69, 9.17) is 4.74 Å². The van der Waals surface area contributed by atoms with Crippen LogP contribution < -0.4 is 0 Å². The Morgan fingerprint density at radius 3 is 1.00 bits per heavy atom. The van der Waals surface area contributed by atoms with Crippen molar-refractivity contribution in [3.05, 3.63) is 12.2 Å². The molecule has 1 atom stereocenters. The standard InChI is InChI=1S/C54H106O2/c1-4-6-7-8-9-10-11-12-13-14-15-20-24-27-30-33-36-39-42-45-48-51-54(55)56-52-49-46-43-40-37-34-31-28-25-22-19-17-16-18-21-23-26-29-32-35-38-41-44-47-50-53(3)5-2/h12-13,53H,4-11,14-52H2,1-3H3. The molecule has 0 fully saturated rings. The van der Waals surface area contributed by atoms with Gasteiger partial charge in [0.05, 0.1) is 6.61 Å². The first-order chi connectivity index (χ1) is 27.7. The van der Waals surface area contributed by atoms with Gasteiger partial charge in [0.25, 0.3) is 0 Å². The summed E-state index contributed by atoms with van der Waals surface area (Å²) in [4.78, 5) is 12.1. The van der Waals surface area contributed by atoms with E-state index in [0.29, 0.717) is 13.0 Å². The van der Waals surface area contributed by atoms with E-state index >= 15 is 0 Å². The Morgan fingerprint density at radius 1 is 0.375 bits per heavy atom. The van der Waals surface area contributed by atoms with Crippen molar-refractivity contribution in [2.45, 2.75) is 316 Å². The van der Waals surface area contributed by atoms with Crippen LogP contribution in [0.4, 0.5) is 0 Å². The molecule has 0 amide bonds. The highest BCUT2D eigenvalue weighted by Crippen LogP contribution is 2.18. The van der Waals surface area contributed by atoms with Crippen LogP contribution in [0.15, 0.2) is 12.2 Å². The lowest BCUT2D eigenvalue weighted by Gasteiger charge is -2.07. The highest BCUT2D eigenvalue weighted by molar-refractivity contribution is 5.69. The molecule has 0 aliphatic carbocycles. The van der Waals surface area contributed by atoms with Gasteiger partial charge < -0.3 is 4.74 Å². The second kappa shape index (κ2) is 50.4. The third-order valence-corrected chi connectivity index (χ3v) is 12.7. The highest BCUT2D eigenvalue weighted by atomic mass is 16.5. The molecule has 0 aliphatic heterocycles. The molecule has 0 aliphatic rings. The summed E-state index contributed by atoms with van der Waals surface area (Å²) in [5.74, 6) is 0.967. The van der Waals surface area contributed by atoms with E-state index in [-0.39, 0.29) is 5.97 Å². The number of carbonyl (C=O) groups excluding carboxylic acids is 1. The summed E-state index contributed by atoms with van der Waals surface area (Å²) in [6.45, 7) is 7.65. The van der Waals surface area contributed by atoms with Crippen molar-refractivity contribution in [2.75, 3.05) is 6.61 Å². The average molecular weight is 787 g/mol. The molecule has 1 unspecified atom stereocenters. The molecule has 0 radical (unpaired) electrons. The van der Waals surface area contributed by atoms with Crippen molar-refractivity contribution in [2.24, 2.45) is 5.92 Å². The largest absolute Gasteiger partial charge is 0.466 e. The summed E-state index contributed by atoms with van der Waals surface area (Å²) in [6.07, 6.45) is 67.8. The van der Waals surface area contributed by atoms with Crippen LogP contribution in [0, 0.1) is 5.92 Å². The number of carbonyl (C=O) groups is 1. The highest BCUT2D eigenvalue weighted by Gasteiger charge is 2.03. The zero-order valence-electron chi connectivity index (χ0n) is 39.3. The summed E-state index contributed by atoms with van der Waals surface area (Å²) in [7, 11) is 0. The Balaban J connectivity index is 3.17. The van der Waals surface area contributed by atoms with Crippen LogP contribution in [-0.2, 0) is 9.53 Å². The maximum Gasteiger partial charge on any atom is 0.305 e. The van der Waals surface area contributed by atoms with E-state index in [2.05, 4.69) is 32.9 Å². The molecule has 0 rings (SSSR count). The number of hydrogen-bond donors (Lipinski definition) is 0. The predicted octanol–water partition coefficient (Wildman–Crippen LogP) is 19.7. The number of rotatable bonds is 49. The minimum atomic E-state index is 0.0305. The first kappa shape index (κ1) is 55.2. The lowest BCUT2D eigenvalue weighted by atomic mass is 9.99. The van der Waals surface area contributed by atoms with Gasteiger partial charge in [-0.05, 0) is 44.4 Å². The number of allylic oxidation sites excluding steroid dienone is 2. The summed E-state index contributed by atoms with van der Waals surface area (Å²) >= 11 is 0. The third-order valence-electron chi connectivity index (χ3n) is 12.7. The Morgan fingerprint density at radius 2 is 0.661 bits per heavy atom. The van der Waals surface area contributed by atoms with Crippen molar-refractivity contribution in [3.8, 4) is 0 Å². The fraction of sp³-hybridized carbons (Fsp3) is 0.944. The van der Waals surface area contributed by atoms with Crippen molar-refractivity contribution in [1.29, 1.82) is 0 Å². The summed E-state index contributed by atoms with van der Waals surface area (Å²) < 4.78 is 5.50. The molecular formula is C54H106O2. The van der Waals surface area contributed by atoms with Gasteiger partial charge in [-0.1, -0.05) is 283 Å². The predicted molar refractivity (Wildman–Crippen MR) is 253 cm³/mol. The van der Waals surface area contributed by atoms with Crippen molar-refractivity contribution in [3.63, 3.8) is 0 Å². The number of unbranched alkanes of at least 4 members (excludes halogenated alkanes) is 40. The van der Waals surface area contributed by atoms with Crippen LogP contribution in [0.25, 0.3) is 0 Å². The van der Waals surface area contributed by atoms with Crippen molar-refractivity contribution >= 4 is 5.97 Å². The Labute approximate surface area is 355 Å². The van der Waals surface area contributed by atoms with Gasteiger partial charge in [0.15, 0.2) is 0 Å². The smallest absolute Gasteiger partial charge is 0.305 e. The van der Waals surface area contributed by atoms with E-state index in [0.717, 1.165) is 18.8 Å². The van der Waals surface area contributed by atoms with Crippen LogP contribution in [0.3, 0.4) is 0 Å². The third kappa shape index (κ3) is 49.4. The molecule has 0 aromatic carbocycles. The molecule has 0 saturated heterocycles. The Bertz CT molecular complexity index is 743. The quantitative estimate of drug-likeness (QED) is 0.0349. The minimum absolute atomic E-state index is 0.0305. The van der Waals surface area contributed by atoms with Gasteiger partial charge in [0, 0.05) is 6.42 Å². The number of hydrogen-bond acceptors (Lipinski definition) is 2. The van der Waals surface area contributed by atoms with Gasteiger partial charge in [0.2, 0.25) is 0 Å². The lowest BCUT2D eigenvalue weighted by molar-refractivity contribution is -0.143. The molecule has 0 heterocycles. The van der Waals surface area contributed by atoms with E-state index in [1.807, 2.05) is 0 Å². The molecule has 56 heavy (non-hydrogen) atoms. The molecule has 334 valence electrons. The maximum absolute atomic E-state index is 12.1. The fourth-order valence-corrected chi connectivity index (χ4v) is 8.35. The van der Waals surface area contributed by atoms with Crippen LogP contribution in [0.2, 0.25) is 0 Å². The normalized spacial score (nSPS) is 12.3. The van der Waals surface area contributed by atoms with Gasteiger partial charge in [-0.25, -0.2) is 0 Å². The topological polar surface area (TPSA) is 26.3 Å². The molecule has 0 saturated carbocycles. The Kier molecular flexibility index (Phi) is 49.6. The van der Waals surface area contributed by atoms with Gasteiger partial charge >= 0.3 is 5.97 Å².